The first kappa shape index (κ1) is 17.9. The summed E-state index contributed by atoms with van der Waals surface area (Å²) in [4.78, 5) is 6.59. The van der Waals surface area contributed by atoms with Gasteiger partial charge in [0, 0.05) is 33.8 Å². The Bertz CT molecular complexity index is 238. The van der Waals surface area contributed by atoms with E-state index in [0.717, 1.165) is 25.0 Å². The van der Waals surface area contributed by atoms with E-state index >= 15 is 0 Å². The number of hydrogen-bond donors (Lipinski definition) is 2. The van der Waals surface area contributed by atoms with Gasteiger partial charge in [-0.3, -0.25) is 4.99 Å². The molecule has 0 bridgehead atoms. The summed E-state index contributed by atoms with van der Waals surface area (Å²) in [5.74, 6) is 1.60. The van der Waals surface area contributed by atoms with Gasteiger partial charge in [0.25, 0.3) is 0 Å². The lowest BCUT2D eigenvalue weighted by Gasteiger charge is -2.30. The molecular formula is C12H27IN4O. The van der Waals surface area contributed by atoms with Gasteiger partial charge in [-0.05, 0) is 32.4 Å². The first-order valence-electron chi connectivity index (χ1n) is 6.38. The lowest BCUT2D eigenvalue weighted by Crippen LogP contribution is -2.44. The second-order valence-electron chi connectivity index (χ2n) is 4.64. The number of rotatable bonds is 5. The molecule has 1 fully saturated rings. The SMILES string of the molecule is CN=C(NCCOC)NCC1CCCN(C)C1.I. The van der Waals surface area contributed by atoms with Crippen molar-refractivity contribution in [2.75, 3.05) is 54.0 Å². The summed E-state index contributed by atoms with van der Waals surface area (Å²) >= 11 is 0. The Kier molecular flexibility index (Phi) is 10.8. The third kappa shape index (κ3) is 7.38. The number of nitrogens with one attached hydrogen (secondary N) is 2. The molecule has 0 saturated carbocycles. The van der Waals surface area contributed by atoms with Crippen LogP contribution in [0.25, 0.3) is 0 Å². The Hall–Kier alpha value is -0.0800. The molecule has 0 aliphatic carbocycles. The zero-order valence-electron chi connectivity index (χ0n) is 11.7. The molecule has 0 spiro atoms. The molecule has 0 radical (unpaired) electrons. The molecule has 18 heavy (non-hydrogen) atoms. The Balaban J connectivity index is 0.00000289. The van der Waals surface area contributed by atoms with E-state index in [1.54, 1.807) is 14.2 Å². The predicted octanol–water partition coefficient (Wildman–Crippen LogP) is 0.758. The lowest BCUT2D eigenvalue weighted by atomic mass is 9.99. The average Bonchev–Trinajstić information content (AvgIpc) is 2.34. The third-order valence-electron chi connectivity index (χ3n) is 3.10. The van der Waals surface area contributed by atoms with Gasteiger partial charge in [0.15, 0.2) is 5.96 Å². The second-order valence-corrected chi connectivity index (χ2v) is 4.64. The van der Waals surface area contributed by atoms with Crippen LogP contribution >= 0.6 is 24.0 Å². The van der Waals surface area contributed by atoms with Crippen LogP contribution in [-0.2, 0) is 4.74 Å². The standard InChI is InChI=1S/C12H26N4O.HI/c1-13-12(14-6-8-17-3)15-9-11-5-4-7-16(2)10-11;/h11H,4-10H2,1-3H3,(H2,13,14,15);1H. The minimum absolute atomic E-state index is 0. The third-order valence-corrected chi connectivity index (χ3v) is 3.10. The van der Waals surface area contributed by atoms with Crippen molar-refractivity contribution in [3.8, 4) is 0 Å². The topological polar surface area (TPSA) is 48.9 Å². The van der Waals surface area contributed by atoms with Gasteiger partial charge in [-0.2, -0.15) is 0 Å². The van der Waals surface area contributed by atoms with Crippen LogP contribution in [0.1, 0.15) is 12.8 Å². The fourth-order valence-electron chi connectivity index (χ4n) is 2.17. The minimum atomic E-state index is 0. The number of aliphatic imine (C=N–C) groups is 1. The van der Waals surface area contributed by atoms with Crippen LogP contribution < -0.4 is 10.6 Å². The maximum Gasteiger partial charge on any atom is 0.191 e. The molecule has 1 aliphatic rings. The van der Waals surface area contributed by atoms with Crippen molar-refractivity contribution in [1.29, 1.82) is 0 Å². The summed E-state index contributed by atoms with van der Waals surface area (Å²) < 4.78 is 4.99. The molecule has 1 atom stereocenters. The highest BCUT2D eigenvalue weighted by Gasteiger charge is 2.16. The maximum atomic E-state index is 4.99. The van der Waals surface area contributed by atoms with Crippen LogP contribution in [0.4, 0.5) is 0 Å². The molecule has 0 aromatic rings. The van der Waals surface area contributed by atoms with E-state index in [9.17, 15) is 0 Å². The van der Waals surface area contributed by atoms with Gasteiger partial charge in [0.05, 0.1) is 6.61 Å². The first-order valence-corrected chi connectivity index (χ1v) is 6.38. The van der Waals surface area contributed by atoms with Gasteiger partial charge in [-0.15, -0.1) is 24.0 Å². The minimum Gasteiger partial charge on any atom is -0.383 e. The normalized spacial score (nSPS) is 21.3. The molecule has 1 unspecified atom stereocenters. The zero-order valence-corrected chi connectivity index (χ0v) is 14.1. The van der Waals surface area contributed by atoms with E-state index in [0.29, 0.717) is 6.61 Å². The summed E-state index contributed by atoms with van der Waals surface area (Å²) in [7, 11) is 5.70. The average molecular weight is 370 g/mol. The Morgan fingerprint density at radius 3 is 2.83 bits per heavy atom. The summed E-state index contributed by atoms with van der Waals surface area (Å²) in [5.41, 5.74) is 0. The van der Waals surface area contributed by atoms with Gasteiger partial charge in [-0.25, -0.2) is 0 Å². The van der Waals surface area contributed by atoms with Crippen molar-refractivity contribution < 1.29 is 4.74 Å². The molecule has 2 N–H and O–H groups in total. The number of hydrogen-bond acceptors (Lipinski definition) is 3. The van der Waals surface area contributed by atoms with Crippen molar-refractivity contribution in [3.63, 3.8) is 0 Å². The van der Waals surface area contributed by atoms with Gasteiger partial charge in [-0.1, -0.05) is 0 Å². The van der Waals surface area contributed by atoms with Crippen LogP contribution in [-0.4, -0.2) is 64.9 Å². The molecular weight excluding hydrogens is 343 g/mol. The highest BCUT2D eigenvalue weighted by Crippen LogP contribution is 2.13. The van der Waals surface area contributed by atoms with Gasteiger partial charge < -0.3 is 20.3 Å². The number of ether oxygens (including phenoxy) is 1. The quantitative estimate of drug-likeness (QED) is 0.325. The van der Waals surface area contributed by atoms with E-state index in [1.165, 1.54) is 25.9 Å². The highest BCUT2D eigenvalue weighted by molar-refractivity contribution is 14.0. The van der Waals surface area contributed by atoms with Gasteiger partial charge >= 0.3 is 0 Å². The number of guanidine groups is 1. The molecule has 1 aliphatic heterocycles. The van der Waals surface area contributed by atoms with E-state index < -0.39 is 0 Å². The van der Waals surface area contributed by atoms with Crippen LogP contribution in [0.5, 0.6) is 0 Å². The zero-order chi connectivity index (χ0) is 12.5. The van der Waals surface area contributed by atoms with Gasteiger partial charge in [0.2, 0.25) is 0 Å². The summed E-state index contributed by atoms with van der Waals surface area (Å²) in [6.07, 6.45) is 2.62. The van der Waals surface area contributed by atoms with Crippen molar-refractivity contribution in [3.05, 3.63) is 0 Å². The predicted molar refractivity (Wildman–Crippen MR) is 86.9 cm³/mol. The fraction of sp³-hybridized carbons (Fsp3) is 0.917. The smallest absolute Gasteiger partial charge is 0.191 e. The summed E-state index contributed by atoms with van der Waals surface area (Å²) in [6.45, 7) is 4.91. The number of halogens is 1. The number of piperidine rings is 1. The Labute approximate surface area is 128 Å². The van der Waals surface area contributed by atoms with E-state index in [4.69, 9.17) is 4.74 Å². The second kappa shape index (κ2) is 10.8. The van der Waals surface area contributed by atoms with Crippen LogP contribution in [0.2, 0.25) is 0 Å². The van der Waals surface area contributed by atoms with E-state index in [-0.39, 0.29) is 24.0 Å². The number of likely N-dealkylation sites (tertiary alicyclic amines) is 1. The van der Waals surface area contributed by atoms with Gasteiger partial charge in [0.1, 0.15) is 0 Å². The van der Waals surface area contributed by atoms with Crippen molar-refractivity contribution in [1.82, 2.24) is 15.5 Å². The number of nitrogens with zero attached hydrogens (tertiary/aromatic N) is 2. The molecule has 108 valence electrons. The van der Waals surface area contributed by atoms with Crippen molar-refractivity contribution in [2.24, 2.45) is 10.9 Å². The Morgan fingerprint density at radius 1 is 1.44 bits per heavy atom. The van der Waals surface area contributed by atoms with Crippen LogP contribution in [0, 0.1) is 5.92 Å². The molecule has 1 rings (SSSR count). The summed E-state index contributed by atoms with van der Waals surface area (Å²) in [6, 6.07) is 0. The van der Waals surface area contributed by atoms with E-state index in [2.05, 4.69) is 27.6 Å². The molecule has 1 saturated heterocycles. The molecule has 0 amide bonds. The van der Waals surface area contributed by atoms with Crippen molar-refractivity contribution in [2.45, 2.75) is 12.8 Å². The number of methoxy groups -OCH3 is 1. The monoisotopic (exact) mass is 370 g/mol. The first-order chi connectivity index (χ1) is 8.26. The Morgan fingerprint density at radius 2 is 2.22 bits per heavy atom. The van der Waals surface area contributed by atoms with Crippen LogP contribution in [0.3, 0.4) is 0 Å². The van der Waals surface area contributed by atoms with Crippen LogP contribution in [0.15, 0.2) is 4.99 Å². The largest absolute Gasteiger partial charge is 0.383 e. The molecule has 6 heteroatoms. The molecule has 5 nitrogen and oxygen atoms in total. The molecule has 1 heterocycles. The summed E-state index contributed by atoms with van der Waals surface area (Å²) in [5, 5.41) is 6.60. The molecule has 0 aromatic carbocycles. The maximum absolute atomic E-state index is 4.99. The van der Waals surface area contributed by atoms with Crippen molar-refractivity contribution >= 4 is 29.9 Å². The fourth-order valence-corrected chi connectivity index (χ4v) is 2.17. The van der Waals surface area contributed by atoms with E-state index in [1.807, 2.05) is 0 Å². The molecule has 0 aromatic heterocycles. The highest BCUT2D eigenvalue weighted by atomic mass is 127. The lowest BCUT2D eigenvalue weighted by molar-refractivity contribution is 0.202.